The number of amides is 1. The van der Waals surface area contributed by atoms with Gasteiger partial charge in [-0.25, -0.2) is 4.79 Å². The molecule has 1 amide bonds. The van der Waals surface area contributed by atoms with E-state index in [0.717, 1.165) is 6.42 Å². The van der Waals surface area contributed by atoms with Gasteiger partial charge in [-0.3, -0.25) is 4.79 Å². The average molecular weight is 185 g/mol. The Morgan fingerprint density at radius 1 is 1.46 bits per heavy atom. The van der Waals surface area contributed by atoms with E-state index in [-0.39, 0.29) is 5.91 Å². The lowest BCUT2D eigenvalue weighted by molar-refractivity contribution is -0.134. The van der Waals surface area contributed by atoms with Crippen molar-refractivity contribution in [2.75, 3.05) is 7.11 Å². The lowest BCUT2D eigenvalue weighted by Gasteiger charge is -2.05. The van der Waals surface area contributed by atoms with Gasteiger partial charge in [0.1, 0.15) is 0 Å². The monoisotopic (exact) mass is 185 g/mol. The predicted molar refractivity (Wildman–Crippen MR) is 48.8 cm³/mol. The summed E-state index contributed by atoms with van der Waals surface area (Å²) < 4.78 is 4.44. The molecule has 0 radical (unpaired) electrons. The Morgan fingerprint density at radius 2 is 2.08 bits per heavy atom. The number of esters is 1. The standard InChI is InChI=1S/C9H15NO3/c1-4-5-8(10-7(2)11)6-9(12)13-3/h6H,4-5H2,1-3H3,(H,10,11). The van der Waals surface area contributed by atoms with Crippen molar-refractivity contribution in [2.24, 2.45) is 0 Å². The Labute approximate surface area is 78.0 Å². The fraction of sp³-hybridized carbons (Fsp3) is 0.556. The fourth-order valence-corrected chi connectivity index (χ4v) is 0.867. The van der Waals surface area contributed by atoms with Crippen LogP contribution >= 0.6 is 0 Å². The second kappa shape index (κ2) is 6.22. The van der Waals surface area contributed by atoms with E-state index in [1.165, 1.54) is 20.1 Å². The zero-order chi connectivity index (χ0) is 10.3. The van der Waals surface area contributed by atoms with E-state index >= 15 is 0 Å². The highest BCUT2D eigenvalue weighted by molar-refractivity contribution is 5.84. The topological polar surface area (TPSA) is 55.4 Å². The predicted octanol–water partition coefficient (Wildman–Crippen LogP) is 0.980. The van der Waals surface area contributed by atoms with E-state index in [4.69, 9.17) is 0 Å². The molecule has 0 aromatic rings. The van der Waals surface area contributed by atoms with Crippen molar-refractivity contribution in [3.63, 3.8) is 0 Å². The van der Waals surface area contributed by atoms with Crippen LogP contribution in [0.15, 0.2) is 11.8 Å². The first-order chi connectivity index (χ1) is 6.10. The molecule has 0 saturated heterocycles. The minimum atomic E-state index is -0.447. The van der Waals surface area contributed by atoms with Gasteiger partial charge in [-0.05, 0) is 6.42 Å². The van der Waals surface area contributed by atoms with Crippen LogP contribution < -0.4 is 5.32 Å². The van der Waals surface area contributed by atoms with Gasteiger partial charge in [0.15, 0.2) is 0 Å². The third-order valence-electron chi connectivity index (χ3n) is 1.35. The number of hydrogen-bond acceptors (Lipinski definition) is 3. The molecule has 0 atom stereocenters. The van der Waals surface area contributed by atoms with Gasteiger partial charge in [-0.15, -0.1) is 0 Å². The van der Waals surface area contributed by atoms with Crippen molar-refractivity contribution in [3.8, 4) is 0 Å². The lowest BCUT2D eigenvalue weighted by atomic mass is 10.2. The van der Waals surface area contributed by atoms with Crippen molar-refractivity contribution in [1.82, 2.24) is 5.32 Å². The normalized spacial score (nSPS) is 10.8. The van der Waals surface area contributed by atoms with Crippen molar-refractivity contribution in [2.45, 2.75) is 26.7 Å². The summed E-state index contributed by atoms with van der Waals surface area (Å²) in [6.45, 7) is 3.37. The van der Waals surface area contributed by atoms with Crippen LogP contribution in [0.1, 0.15) is 26.7 Å². The van der Waals surface area contributed by atoms with Crippen LogP contribution in [-0.2, 0) is 14.3 Å². The molecular formula is C9H15NO3. The van der Waals surface area contributed by atoms with Crippen LogP contribution in [0, 0.1) is 0 Å². The molecule has 74 valence electrons. The number of carbonyl (C=O) groups is 2. The van der Waals surface area contributed by atoms with E-state index in [0.29, 0.717) is 12.1 Å². The highest BCUT2D eigenvalue weighted by atomic mass is 16.5. The highest BCUT2D eigenvalue weighted by Crippen LogP contribution is 2.00. The van der Waals surface area contributed by atoms with E-state index in [1.54, 1.807) is 0 Å². The number of carbonyl (C=O) groups excluding carboxylic acids is 2. The van der Waals surface area contributed by atoms with E-state index in [2.05, 4.69) is 10.1 Å². The Morgan fingerprint density at radius 3 is 2.46 bits per heavy atom. The smallest absolute Gasteiger partial charge is 0.332 e. The minimum Gasteiger partial charge on any atom is -0.466 e. The van der Waals surface area contributed by atoms with Crippen molar-refractivity contribution in [1.29, 1.82) is 0 Å². The Bertz CT molecular complexity index is 221. The third kappa shape index (κ3) is 5.90. The molecule has 4 heteroatoms. The molecule has 0 aliphatic carbocycles. The molecule has 0 saturated carbocycles. The summed E-state index contributed by atoms with van der Waals surface area (Å²) in [5.74, 6) is -0.624. The number of nitrogens with one attached hydrogen (secondary N) is 1. The molecule has 0 unspecified atom stereocenters. The highest BCUT2D eigenvalue weighted by Gasteiger charge is 2.02. The Hall–Kier alpha value is -1.32. The van der Waals surface area contributed by atoms with Gasteiger partial charge < -0.3 is 10.1 Å². The molecule has 4 nitrogen and oxygen atoms in total. The van der Waals surface area contributed by atoms with Gasteiger partial charge in [0.2, 0.25) is 5.91 Å². The largest absolute Gasteiger partial charge is 0.466 e. The van der Waals surface area contributed by atoms with Gasteiger partial charge in [-0.2, -0.15) is 0 Å². The summed E-state index contributed by atoms with van der Waals surface area (Å²) >= 11 is 0. The van der Waals surface area contributed by atoms with E-state index < -0.39 is 5.97 Å². The van der Waals surface area contributed by atoms with Crippen LogP contribution in [0.3, 0.4) is 0 Å². The number of hydrogen-bond donors (Lipinski definition) is 1. The van der Waals surface area contributed by atoms with Crippen molar-refractivity contribution in [3.05, 3.63) is 11.8 Å². The zero-order valence-electron chi connectivity index (χ0n) is 8.22. The summed E-state index contributed by atoms with van der Waals surface area (Å²) in [6, 6.07) is 0. The summed E-state index contributed by atoms with van der Waals surface area (Å²) in [5, 5.41) is 2.57. The van der Waals surface area contributed by atoms with Gasteiger partial charge in [0.05, 0.1) is 7.11 Å². The molecule has 0 spiro atoms. The van der Waals surface area contributed by atoms with Gasteiger partial charge in [0.25, 0.3) is 0 Å². The minimum absolute atomic E-state index is 0.177. The Kier molecular flexibility index (Phi) is 5.59. The molecule has 0 aromatic carbocycles. The second-order valence-corrected chi connectivity index (χ2v) is 2.62. The molecule has 0 heterocycles. The van der Waals surface area contributed by atoms with Crippen molar-refractivity contribution < 1.29 is 14.3 Å². The molecular weight excluding hydrogens is 170 g/mol. The molecule has 0 rings (SSSR count). The molecule has 0 bridgehead atoms. The number of ether oxygens (including phenoxy) is 1. The first-order valence-electron chi connectivity index (χ1n) is 4.16. The quantitative estimate of drug-likeness (QED) is 0.524. The maximum Gasteiger partial charge on any atom is 0.332 e. The van der Waals surface area contributed by atoms with Crippen LogP contribution in [0.2, 0.25) is 0 Å². The Balaban J connectivity index is 4.30. The zero-order valence-corrected chi connectivity index (χ0v) is 8.22. The van der Waals surface area contributed by atoms with E-state index in [9.17, 15) is 9.59 Å². The van der Waals surface area contributed by atoms with Crippen LogP contribution in [0.5, 0.6) is 0 Å². The van der Waals surface area contributed by atoms with Crippen LogP contribution in [0.4, 0.5) is 0 Å². The molecule has 0 aliphatic rings. The van der Waals surface area contributed by atoms with Gasteiger partial charge >= 0.3 is 5.97 Å². The summed E-state index contributed by atoms with van der Waals surface area (Å²) in [5.41, 5.74) is 0.599. The number of allylic oxidation sites excluding steroid dienone is 1. The molecule has 0 aromatic heterocycles. The first-order valence-corrected chi connectivity index (χ1v) is 4.16. The third-order valence-corrected chi connectivity index (χ3v) is 1.35. The number of rotatable bonds is 4. The molecule has 0 fully saturated rings. The van der Waals surface area contributed by atoms with Crippen molar-refractivity contribution >= 4 is 11.9 Å². The summed E-state index contributed by atoms with van der Waals surface area (Å²) in [6.07, 6.45) is 2.82. The van der Waals surface area contributed by atoms with Crippen LogP contribution in [0.25, 0.3) is 0 Å². The lowest BCUT2D eigenvalue weighted by Crippen LogP contribution is -2.20. The fourth-order valence-electron chi connectivity index (χ4n) is 0.867. The van der Waals surface area contributed by atoms with E-state index in [1.807, 2.05) is 6.92 Å². The maximum absolute atomic E-state index is 10.8. The molecule has 1 N–H and O–H groups in total. The SMILES string of the molecule is CCCC(=CC(=O)OC)NC(C)=O. The number of methoxy groups -OCH3 is 1. The summed E-state index contributed by atoms with van der Waals surface area (Å²) in [7, 11) is 1.30. The second-order valence-electron chi connectivity index (χ2n) is 2.62. The first kappa shape index (κ1) is 11.7. The molecule has 0 aliphatic heterocycles. The molecule has 13 heavy (non-hydrogen) atoms. The van der Waals surface area contributed by atoms with Crippen LogP contribution in [-0.4, -0.2) is 19.0 Å². The average Bonchev–Trinajstić information content (AvgIpc) is 2.03. The van der Waals surface area contributed by atoms with Gasteiger partial charge in [0, 0.05) is 18.7 Å². The maximum atomic E-state index is 10.8. The summed E-state index contributed by atoms with van der Waals surface area (Å²) in [4.78, 5) is 21.5. The van der Waals surface area contributed by atoms with Gasteiger partial charge in [-0.1, -0.05) is 13.3 Å².